The Bertz CT molecular complexity index is 191. The van der Waals surface area contributed by atoms with Gasteiger partial charge >= 0.3 is 11.9 Å². The zero-order valence-corrected chi connectivity index (χ0v) is 8.73. The number of esters is 1. The Morgan fingerprint density at radius 1 is 1.13 bits per heavy atom. The molecule has 6 nitrogen and oxygen atoms in total. The number of carboxylic acids is 1. The lowest BCUT2D eigenvalue weighted by molar-refractivity contribution is -0.144. The summed E-state index contributed by atoms with van der Waals surface area (Å²) in [6.45, 7) is 2.50. The molecule has 0 rings (SSSR count). The molecule has 0 heterocycles. The molecular formula is C9H16O6. The Morgan fingerprint density at radius 2 is 1.80 bits per heavy atom. The maximum absolute atomic E-state index is 10.8. The van der Waals surface area contributed by atoms with Crippen LogP contribution in [0, 0.1) is 0 Å². The SMILES string of the molecule is CCOC(=O)CCOCCOCC(=O)O. The van der Waals surface area contributed by atoms with Crippen LogP contribution in [0.15, 0.2) is 0 Å². The Labute approximate surface area is 88.1 Å². The molecule has 88 valence electrons. The van der Waals surface area contributed by atoms with Crippen molar-refractivity contribution in [1.82, 2.24) is 0 Å². The molecule has 1 N–H and O–H groups in total. The molecule has 0 radical (unpaired) electrons. The summed E-state index contributed by atoms with van der Waals surface area (Å²) < 4.78 is 14.4. The number of carbonyl (C=O) groups is 2. The van der Waals surface area contributed by atoms with Gasteiger partial charge in [0.05, 0.1) is 32.8 Å². The first-order chi connectivity index (χ1) is 7.16. The van der Waals surface area contributed by atoms with E-state index < -0.39 is 5.97 Å². The number of carbonyl (C=O) groups excluding carboxylic acids is 1. The molecule has 0 aliphatic carbocycles. The molecule has 0 aliphatic rings. The molecule has 0 bridgehead atoms. The van der Waals surface area contributed by atoms with Gasteiger partial charge in [-0.05, 0) is 6.92 Å². The highest BCUT2D eigenvalue weighted by Crippen LogP contribution is 1.88. The van der Waals surface area contributed by atoms with Crippen molar-refractivity contribution in [2.24, 2.45) is 0 Å². The smallest absolute Gasteiger partial charge is 0.329 e. The van der Waals surface area contributed by atoms with Crippen LogP contribution in [0.3, 0.4) is 0 Å². The fraction of sp³-hybridized carbons (Fsp3) is 0.778. The van der Waals surface area contributed by atoms with E-state index in [1.54, 1.807) is 6.92 Å². The lowest BCUT2D eigenvalue weighted by Gasteiger charge is -2.04. The van der Waals surface area contributed by atoms with E-state index >= 15 is 0 Å². The lowest BCUT2D eigenvalue weighted by atomic mass is 10.5. The van der Waals surface area contributed by atoms with Gasteiger partial charge in [0.2, 0.25) is 0 Å². The van der Waals surface area contributed by atoms with Gasteiger partial charge in [-0.25, -0.2) is 4.79 Å². The predicted octanol–water partition coefficient (Wildman–Crippen LogP) is 0.0574. The summed E-state index contributed by atoms with van der Waals surface area (Å²) >= 11 is 0. The van der Waals surface area contributed by atoms with E-state index in [0.717, 1.165) is 0 Å². The molecule has 0 aromatic heterocycles. The van der Waals surface area contributed by atoms with E-state index in [4.69, 9.17) is 14.6 Å². The van der Waals surface area contributed by atoms with Crippen molar-refractivity contribution >= 4 is 11.9 Å². The summed E-state index contributed by atoms with van der Waals surface area (Å²) in [7, 11) is 0. The number of hydrogen-bond acceptors (Lipinski definition) is 5. The minimum Gasteiger partial charge on any atom is -0.480 e. The Kier molecular flexibility index (Phi) is 8.70. The summed E-state index contributed by atoms with van der Waals surface area (Å²) in [5.41, 5.74) is 0. The van der Waals surface area contributed by atoms with Crippen molar-refractivity contribution in [3.63, 3.8) is 0 Å². The zero-order chi connectivity index (χ0) is 11.5. The number of carboxylic acid groups (broad SMARTS) is 1. The van der Waals surface area contributed by atoms with E-state index in [9.17, 15) is 9.59 Å². The van der Waals surface area contributed by atoms with Gasteiger partial charge in [0.15, 0.2) is 0 Å². The Balaban J connectivity index is 3.11. The fourth-order valence-electron chi connectivity index (χ4n) is 0.768. The highest BCUT2D eigenvalue weighted by molar-refractivity contribution is 5.69. The summed E-state index contributed by atoms with van der Waals surface area (Å²) in [4.78, 5) is 20.8. The zero-order valence-electron chi connectivity index (χ0n) is 8.73. The molecule has 0 amide bonds. The third-order valence-corrected chi connectivity index (χ3v) is 1.35. The average molecular weight is 220 g/mol. The third-order valence-electron chi connectivity index (χ3n) is 1.35. The van der Waals surface area contributed by atoms with E-state index in [0.29, 0.717) is 6.61 Å². The normalized spacial score (nSPS) is 9.93. The van der Waals surface area contributed by atoms with Crippen LogP contribution in [-0.4, -0.2) is 50.1 Å². The standard InChI is InChI=1S/C9H16O6/c1-2-15-9(12)3-4-13-5-6-14-7-8(10)11/h2-7H2,1H3,(H,10,11). The van der Waals surface area contributed by atoms with Gasteiger partial charge in [-0.1, -0.05) is 0 Å². The van der Waals surface area contributed by atoms with Crippen LogP contribution in [0.25, 0.3) is 0 Å². The molecule has 0 saturated heterocycles. The van der Waals surface area contributed by atoms with Crippen LogP contribution >= 0.6 is 0 Å². The highest BCUT2D eigenvalue weighted by atomic mass is 16.5. The van der Waals surface area contributed by atoms with Crippen LogP contribution in [0.2, 0.25) is 0 Å². The summed E-state index contributed by atoms with van der Waals surface area (Å²) in [6.07, 6.45) is 0.201. The maximum atomic E-state index is 10.8. The van der Waals surface area contributed by atoms with E-state index in [1.165, 1.54) is 0 Å². The molecule has 6 heteroatoms. The van der Waals surface area contributed by atoms with Gasteiger partial charge in [0.1, 0.15) is 6.61 Å². The third kappa shape index (κ3) is 10.8. The monoisotopic (exact) mass is 220 g/mol. The molecule has 0 aromatic carbocycles. The number of aliphatic carboxylic acids is 1. The predicted molar refractivity (Wildman–Crippen MR) is 50.5 cm³/mol. The number of hydrogen-bond donors (Lipinski definition) is 1. The van der Waals surface area contributed by atoms with Crippen molar-refractivity contribution in [2.75, 3.05) is 33.0 Å². The van der Waals surface area contributed by atoms with Crippen LogP contribution in [-0.2, 0) is 23.8 Å². The van der Waals surface area contributed by atoms with Gasteiger partial charge in [-0.15, -0.1) is 0 Å². The van der Waals surface area contributed by atoms with Gasteiger partial charge in [-0.3, -0.25) is 4.79 Å². The van der Waals surface area contributed by atoms with Crippen LogP contribution in [0.5, 0.6) is 0 Å². The molecule has 0 fully saturated rings. The van der Waals surface area contributed by atoms with Crippen LogP contribution in [0.4, 0.5) is 0 Å². The molecule has 0 spiro atoms. The van der Waals surface area contributed by atoms with Crippen LogP contribution < -0.4 is 0 Å². The van der Waals surface area contributed by atoms with Gasteiger partial charge in [0.25, 0.3) is 0 Å². The average Bonchev–Trinajstić information content (AvgIpc) is 2.16. The summed E-state index contributed by atoms with van der Waals surface area (Å²) in [5.74, 6) is -1.31. The summed E-state index contributed by atoms with van der Waals surface area (Å²) in [6, 6.07) is 0. The second-order valence-electron chi connectivity index (χ2n) is 2.61. The Hall–Kier alpha value is -1.14. The van der Waals surface area contributed by atoms with Crippen molar-refractivity contribution in [3.8, 4) is 0 Å². The minimum absolute atomic E-state index is 0.201. The number of rotatable bonds is 9. The first kappa shape index (κ1) is 13.9. The molecule has 0 aromatic rings. The lowest BCUT2D eigenvalue weighted by Crippen LogP contribution is -2.13. The van der Waals surface area contributed by atoms with Gasteiger partial charge in [0, 0.05) is 0 Å². The van der Waals surface area contributed by atoms with Crippen LogP contribution in [0.1, 0.15) is 13.3 Å². The quantitative estimate of drug-likeness (QED) is 0.437. The molecule has 0 atom stereocenters. The van der Waals surface area contributed by atoms with Gasteiger partial charge < -0.3 is 19.3 Å². The maximum Gasteiger partial charge on any atom is 0.329 e. The molecule has 0 aliphatic heterocycles. The van der Waals surface area contributed by atoms with E-state index in [2.05, 4.69) is 4.74 Å². The topological polar surface area (TPSA) is 82.1 Å². The fourth-order valence-corrected chi connectivity index (χ4v) is 0.768. The van der Waals surface area contributed by atoms with Crippen molar-refractivity contribution in [3.05, 3.63) is 0 Å². The molecule has 15 heavy (non-hydrogen) atoms. The van der Waals surface area contributed by atoms with Gasteiger partial charge in [-0.2, -0.15) is 0 Å². The van der Waals surface area contributed by atoms with E-state index in [-0.39, 0.29) is 38.8 Å². The second-order valence-corrected chi connectivity index (χ2v) is 2.61. The first-order valence-corrected chi connectivity index (χ1v) is 4.69. The highest BCUT2D eigenvalue weighted by Gasteiger charge is 2.01. The van der Waals surface area contributed by atoms with Crippen molar-refractivity contribution < 1.29 is 28.9 Å². The number of ether oxygens (including phenoxy) is 3. The summed E-state index contributed by atoms with van der Waals surface area (Å²) in [5, 5.41) is 8.22. The first-order valence-electron chi connectivity index (χ1n) is 4.69. The second kappa shape index (κ2) is 9.42. The van der Waals surface area contributed by atoms with E-state index in [1.807, 2.05) is 0 Å². The largest absolute Gasteiger partial charge is 0.480 e. The van der Waals surface area contributed by atoms with Crippen molar-refractivity contribution in [1.29, 1.82) is 0 Å². The molecular weight excluding hydrogens is 204 g/mol. The minimum atomic E-state index is -1.01. The molecule has 0 saturated carbocycles. The molecule has 0 unspecified atom stereocenters. The van der Waals surface area contributed by atoms with Crippen molar-refractivity contribution in [2.45, 2.75) is 13.3 Å². The Morgan fingerprint density at radius 3 is 2.40 bits per heavy atom.